The van der Waals surface area contributed by atoms with Gasteiger partial charge in [0, 0.05) is 18.3 Å². The van der Waals surface area contributed by atoms with Crippen molar-refractivity contribution in [3.63, 3.8) is 0 Å². The molecule has 1 aliphatic carbocycles. The molecular weight excluding hydrogens is 236 g/mol. The summed E-state index contributed by atoms with van der Waals surface area (Å²) in [7, 11) is 0. The van der Waals surface area contributed by atoms with Crippen LogP contribution in [0.2, 0.25) is 0 Å². The van der Waals surface area contributed by atoms with Crippen LogP contribution < -0.4 is 10.1 Å². The van der Waals surface area contributed by atoms with Crippen LogP contribution in [0, 0.1) is 11.8 Å². The molecule has 0 bridgehead atoms. The highest BCUT2D eigenvalue weighted by molar-refractivity contribution is 5.29. The van der Waals surface area contributed by atoms with Gasteiger partial charge in [-0.05, 0) is 37.3 Å². The monoisotopic (exact) mass is 262 g/mol. The second kappa shape index (κ2) is 7.49. The van der Waals surface area contributed by atoms with Gasteiger partial charge in [0.05, 0.1) is 12.8 Å². The first kappa shape index (κ1) is 14.3. The normalized spacial score (nSPS) is 16.2. The van der Waals surface area contributed by atoms with E-state index in [1.165, 1.54) is 31.2 Å². The van der Waals surface area contributed by atoms with E-state index >= 15 is 0 Å². The molecule has 0 aliphatic heterocycles. The zero-order valence-corrected chi connectivity index (χ0v) is 12.2. The summed E-state index contributed by atoms with van der Waals surface area (Å²) in [6.45, 7) is 7.18. The molecule has 1 heterocycles. The minimum Gasteiger partial charge on any atom is -0.491 e. The molecule has 0 spiro atoms. The summed E-state index contributed by atoms with van der Waals surface area (Å²) in [5.74, 6) is 2.37. The summed E-state index contributed by atoms with van der Waals surface area (Å²) in [6.07, 6.45) is 9.06. The van der Waals surface area contributed by atoms with Crippen molar-refractivity contribution in [2.24, 2.45) is 11.8 Å². The van der Waals surface area contributed by atoms with Crippen LogP contribution in [0.5, 0.6) is 5.75 Å². The summed E-state index contributed by atoms with van der Waals surface area (Å²) in [5, 5.41) is 3.46. The van der Waals surface area contributed by atoms with Crippen LogP contribution in [0.3, 0.4) is 0 Å². The zero-order chi connectivity index (χ0) is 13.5. The Kier molecular flexibility index (Phi) is 5.64. The number of nitrogens with one attached hydrogen (secondary N) is 1. The topological polar surface area (TPSA) is 34.2 Å². The smallest absolute Gasteiger partial charge is 0.142 e. The molecule has 106 valence electrons. The molecule has 3 heteroatoms. The standard InChI is InChI=1S/C16H26N2O/c1-13(2)9-18-10-15-7-8-17-11-16(15)19-12-14-5-3-4-6-14/h7-8,11,13-14,18H,3-6,9-10,12H2,1-2H3. The Morgan fingerprint density at radius 3 is 2.89 bits per heavy atom. The number of ether oxygens (including phenoxy) is 1. The molecule has 0 aromatic carbocycles. The van der Waals surface area contributed by atoms with Crippen molar-refractivity contribution < 1.29 is 4.74 Å². The van der Waals surface area contributed by atoms with E-state index in [4.69, 9.17) is 4.74 Å². The third kappa shape index (κ3) is 4.83. The molecule has 0 radical (unpaired) electrons. The molecule has 1 N–H and O–H groups in total. The number of pyridine rings is 1. The zero-order valence-electron chi connectivity index (χ0n) is 12.2. The maximum absolute atomic E-state index is 5.98. The first-order valence-electron chi connectivity index (χ1n) is 7.52. The summed E-state index contributed by atoms with van der Waals surface area (Å²) in [6, 6.07) is 2.05. The van der Waals surface area contributed by atoms with Crippen LogP contribution in [0.25, 0.3) is 0 Å². The van der Waals surface area contributed by atoms with Gasteiger partial charge in [0.15, 0.2) is 0 Å². The largest absolute Gasteiger partial charge is 0.491 e. The third-order valence-electron chi connectivity index (χ3n) is 3.69. The average Bonchev–Trinajstić information content (AvgIpc) is 2.90. The summed E-state index contributed by atoms with van der Waals surface area (Å²) in [5.41, 5.74) is 1.22. The van der Waals surface area contributed by atoms with E-state index in [0.29, 0.717) is 5.92 Å². The van der Waals surface area contributed by atoms with E-state index in [-0.39, 0.29) is 0 Å². The third-order valence-corrected chi connectivity index (χ3v) is 3.69. The van der Waals surface area contributed by atoms with Crippen molar-refractivity contribution in [3.8, 4) is 5.75 Å². The lowest BCUT2D eigenvalue weighted by atomic mass is 10.1. The average molecular weight is 262 g/mol. The molecule has 0 unspecified atom stereocenters. The van der Waals surface area contributed by atoms with Crippen molar-refractivity contribution in [1.29, 1.82) is 0 Å². The molecule has 2 rings (SSSR count). The molecule has 1 fully saturated rings. The predicted octanol–water partition coefficient (Wildman–Crippen LogP) is 3.40. The summed E-state index contributed by atoms with van der Waals surface area (Å²) < 4.78 is 5.98. The SMILES string of the molecule is CC(C)CNCc1ccncc1OCC1CCCC1. The van der Waals surface area contributed by atoms with Crippen molar-refractivity contribution in [2.45, 2.75) is 46.1 Å². The molecule has 1 aromatic heterocycles. The summed E-state index contributed by atoms with van der Waals surface area (Å²) >= 11 is 0. The van der Waals surface area contributed by atoms with Gasteiger partial charge in [-0.25, -0.2) is 0 Å². The number of hydrogen-bond donors (Lipinski definition) is 1. The highest BCUT2D eigenvalue weighted by atomic mass is 16.5. The Balaban J connectivity index is 1.84. The van der Waals surface area contributed by atoms with Gasteiger partial charge in [0.2, 0.25) is 0 Å². The van der Waals surface area contributed by atoms with Crippen LogP contribution in [-0.2, 0) is 6.54 Å². The Morgan fingerprint density at radius 2 is 2.16 bits per heavy atom. The Hall–Kier alpha value is -1.09. The fourth-order valence-electron chi connectivity index (χ4n) is 2.56. The Morgan fingerprint density at radius 1 is 1.37 bits per heavy atom. The second-order valence-corrected chi connectivity index (χ2v) is 5.97. The molecule has 1 saturated carbocycles. The Bertz CT molecular complexity index is 373. The number of hydrogen-bond acceptors (Lipinski definition) is 3. The molecule has 1 aliphatic rings. The van der Waals surface area contributed by atoms with E-state index in [9.17, 15) is 0 Å². The van der Waals surface area contributed by atoms with Gasteiger partial charge < -0.3 is 10.1 Å². The van der Waals surface area contributed by atoms with Gasteiger partial charge in [-0.1, -0.05) is 26.7 Å². The number of rotatable bonds is 7. The Labute approximate surface area is 116 Å². The van der Waals surface area contributed by atoms with Crippen LogP contribution in [0.4, 0.5) is 0 Å². The highest BCUT2D eigenvalue weighted by Gasteiger charge is 2.16. The molecule has 1 aromatic rings. The van der Waals surface area contributed by atoms with Crippen molar-refractivity contribution in [2.75, 3.05) is 13.2 Å². The molecular formula is C16H26N2O. The number of aromatic nitrogens is 1. The lowest BCUT2D eigenvalue weighted by Gasteiger charge is -2.15. The minimum atomic E-state index is 0.671. The first-order chi connectivity index (χ1) is 9.25. The van der Waals surface area contributed by atoms with E-state index in [0.717, 1.165) is 31.4 Å². The van der Waals surface area contributed by atoms with E-state index in [2.05, 4.69) is 30.2 Å². The maximum Gasteiger partial charge on any atom is 0.142 e. The number of nitrogens with zero attached hydrogens (tertiary/aromatic N) is 1. The second-order valence-electron chi connectivity index (χ2n) is 5.97. The van der Waals surface area contributed by atoms with Crippen LogP contribution in [-0.4, -0.2) is 18.1 Å². The van der Waals surface area contributed by atoms with Gasteiger partial charge >= 0.3 is 0 Å². The first-order valence-corrected chi connectivity index (χ1v) is 7.52. The van der Waals surface area contributed by atoms with Gasteiger partial charge in [0.1, 0.15) is 5.75 Å². The quantitative estimate of drug-likeness (QED) is 0.818. The van der Waals surface area contributed by atoms with Crippen LogP contribution in [0.1, 0.15) is 45.1 Å². The predicted molar refractivity (Wildman–Crippen MR) is 78.2 cm³/mol. The van der Waals surface area contributed by atoms with E-state index in [1.54, 1.807) is 0 Å². The van der Waals surface area contributed by atoms with Gasteiger partial charge in [-0.2, -0.15) is 0 Å². The fourth-order valence-corrected chi connectivity index (χ4v) is 2.56. The van der Waals surface area contributed by atoms with Crippen molar-refractivity contribution in [1.82, 2.24) is 10.3 Å². The van der Waals surface area contributed by atoms with Crippen molar-refractivity contribution >= 4 is 0 Å². The highest BCUT2D eigenvalue weighted by Crippen LogP contribution is 2.26. The van der Waals surface area contributed by atoms with Crippen LogP contribution in [0.15, 0.2) is 18.5 Å². The fraction of sp³-hybridized carbons (Fsp3) is 0.688. The molecule has 0 saturated heterocycles. The van der Waals surface area contributed by atoms with Gasteiger partial charge in [-0.3, -0.25) is 4.98 Å². The molecule has 3 nitrogen and oxygen atoms in total. The molecule has 0 atom stereocenters. The minimum absolute atomic E-state index is 0.671. The van der Waals surface area contributed by atoms with E-state index in [1.807, 2.05) is 12.4 Å². The molecule has 0 amide bonds. The van der Waals surface area contributed by atoms with Crippen LogP contribution >= 0.6 is 0 Å². The van der Waals surface area contributed by atoms with Gasteiger partial charge in [-0.15, -0.1) is 0 Å². The lowest BCUT2D eigenvalue weighted by molar-refractivity contribution is 0.248. The molecule has 19 heavy (non-hydrogen) atoms. The maximum atomic E-state index is 5.98. The van der Waals surface area contributed by atoms with Gasteiger partial charge in [0.25, 0.3) is 0 Å². The van der Waals surface area contributed by atoms with E-state index < -0.39 is 0 Å². The van der Waals surface area contributed by atoms with Crippen molar-refractivity contribution in [3.05, 3.63) is 24.0 Å². The summed E-state index contributed by atoms with van der Waals surface area (Å²) in [4.78, 5) is 4.18. The lowest BCUT2D eigenvalue weighted by Crippen LogP contribution is -2.20.